The Morgan fingerprint density at radius 3 is 2.43 bits per heavy atom. The highest BCUT2D eigenvalue weighted by Crippen LogP contribution is 2.16. The Bertz CT molecular complexity index is 649. The molecular weight excluding hydrogens is 260 g/mol. The molecule has 0 saturated heterocycles. The van der Waals surface area contributed by atoms with Crippen LogP contribution in [0.3, 0.4) is 0 Å². The van der Waals surface area contributed by atoms with Gasteiger partial charge in [-0.05, 0) is 36.6 Å². The second-order valence-electron chi connectivity index (χ2n) is 5.45. The highest BCUT2D eigenvalue weighted by atomic mass is 16.2. The van der Waals surface area contributed by atoms with E-state index in [9.17, 15) is 4.79 Å². The van der Waals surface area contributed by atoms with Crippen LogP contribution in [0.1, 0.15) is 32.6 Å². The summed E-state index contributed by atoms with van der Waals surface area (Å²) in [5, 5.41) is 0. The molecule has 110 valence electrons. The molecule has 0 radical (unpaired) electrons. The maximum absolute atomic E-state index is 12.6. The Hall–Kier alpha value is -2.13. The minimum atomic E-state index is 0.0445. The highest BCUT2D eigenvalue weighted by Gasteiger charge is 2.15. The molecule has 21 heavy (non-hydrogen) atoms. The van der Waals surface area contributed by atoms with Crippen molar-refractivity contribution in [2.75, 3.05) is 7.05 Å². The van der Waals surface area contributed by atoms with Crippen LogP contribution in [-0.2, 0) is 13.1 Å². The number of hydrogen-bond donors (Lipinski definition) is 1. The average Bonchev–Trinajstić information content (AvgIpc) is 2.49. The minimum absolute atomic E-state index is 0.0445. The van der Waals surface area contributed by atoms with Crippen molar-refractivity contribution < 1.29 is 4.79 Å². The normalized spacial score (nSPS) is 10.5. The molecule has 0 spiro atoms. The monoisotopic (exact) mass is 282 g/mol. The molecule has 0 fully saturated rings. The van der Waals surface area contributed by atoms with E-state index in [1.165, 1.54) is 0 Å². The molecule has 0 bridgehead atoms. The summed E-state index contributed by atoms with van der Waals surface area (Å²) in [7, 11) is 1.83. The van der Waals surface area contributed by atoms with Crippen molar-refractivity contribution in [3.05, 3.63) is 70.3 Å². The van der Waals surface area contributed by atoms with Crippen LogP contribution in [0.2, 0.25) is 0 Å². The molecule has 0 heterocycles. The summed E-state index contributed by atoms with van der Waals surface area (Å²) >= 11 is 0. The second-order valence-corrected chi connectivity index (χ2v) is 5.45. The summed E-state index contributed by atoms with van der Waals surface area (Å²) in [5.41, 5.74) is 10.8. The molecule has 0 atom stereocenters. The van der Waals surface area contributed by atoms with Gasteiger partial charge in [0.2, 0.25) is 0 Å². The van der Waals surface area contributed by atoms with E-state index in [2.05, 4.69) is 0 Å². The number of amides is 1. The first-order valence-corrected chi connectivity index (χ1v) is 7.12. The second kappa shape index (κ2) is 6.55. The average molecular weight is 282 g/mol. The lowest BCUT2D eigenvalue weighted by atomic mass is 10.0. The van der Waals surface area contributed by atoms with Gasteiger partial charge in [0.15, 0.2) is 0 Å². The predicted molar refractivity (Wildman–Crippen MR) is 86.0 cm³/mol. The van der Waals surface area contributed by atoms with E-state index in [4.69, 9.17) is 5.73 Å². The van der Waals surface area contributed by atoms with E-state index >= 15 is 0 Å². The van der Waals surface area contributed by atoms with Crippen LogP contribution in [0.25, 0.3) is 0 Å². The van der Waals surface area contributed by atoms with Crippen molar-refractivity contribution in [2.45, 2.75) is 26.9 Å². The van der Waals surface area contributed by atoms with E-state index in [0.717, 1.165) is 27.8 Å². The largest absolute Gasteiger partial charge is 0.337 e. The van der Waals surface area contributed by atoms with Crippen LogP contribution >= 0.6 is 0 Å². The fourth-order valence-electron chi connectivity index (χ4n) is 2.41. The summed E-state index contributed by atoms with van der Waals surface area (Å²) < 4.78 is 0. The molecule has 2 aromatic rings. The van der Waals surface area contributed by atoms with Crippen LogP contribution in [0.15, 0.2) is 42.5 Å². The van der Waals surface area contributed by atoms with Gasteiger partial charge >= 0.3 is 0 Å². The lowest BCUT2D eigenvalue weighted by Crippen LogP contribution is -2.27. The Labute approximate surface area is 126 Å². The van der Waals surface area contributed by atoms with Gasteiger partial charge in [-0.1, -0.05) is 42.0 Å². The zero-order valence-corrected chi connectivity index (χ0v) is 12.9. The zero-order valence-electron chi connectivity index (χ0n) is 12.9. The number of hydrogen-bond acceptors (Lipinski definition) is 2. The summed E-state index contributed by atoms with van der Waals surface area (Å²) in [6.07, 6.45) is 0. The van der Waals surface area contributed by atoms with Gasteiger partial charge in [0.25, 0.3) is 5.91 Å². The van der Waals surface area contributed by atoms with Gasteiger partial charge in [0.05, 0.1) is 0 Å². The third kappa shape index (κ3) is 3.50. The number of benzene rings is 2. The molecular formula is C18H22N2O. The van der Waals surface area contributed by atoms with Gasteiger partial charge < -0.3 is 10.6 Å². The molecule has 3 nitrogen and oxygen atoms in total. The van der Waals surface area contributed by atoms with Gasteiger partial charge in [-0.25, -0.2) is 0 Å². The van der Waals surface area contributed by atoms with Gasteiger partial charge in [0.1, 0.15) is 0 Å². The molecule has 0 aliphatic carbocycles. The van der Waals surface area contributed by atoms with Gasteiger partial charge in [-0.15, -0.1) is 0 Å². The number of aryl methyl sites for hydroxylation is 2. The third-order valence-corrected chi connectivity index (χ3v) is 3.72. The molecule has 2 N–H and O–H groups in total. The third-order valence-electron chi connectivity index (χ3n) is 3.72. The van der Waals surface area contributed by atoms with Crippen LogP contribution < -0.4 is 5.73 Å². The first kappa shape index (κ1) is 15.3. The summed E-state index contributed by atoms with van der Waals surface area (Å²) in [6.45, 7) is 5.02. The van der Waals surface area contributed by atoms with Crippen molar-refractivity contribution >= 4 is 5.91 Å². The van der Waals surface area contributed by atoms with Crippen molar-refractivity contribution in [2.24, 2.45) is 5.73 Å². The molecule has 2 aromatic carbocycles. The first-order valence-electron chi connectivity index (χ1n) is 7.12. The van der Waals surface area contributed by atoms with Crippen molar-refractivity contribution in [3.63, 3.8) is 0 Å². The summed E-state index contributed by atoms with van der Waals surface area (Å²) in [4.78, 5) is 14.4. The molecule has 0 unspecified atom stereocenters. The fourth-order valence-corrected chi connectivity index (χ4v) is 2.41. The molecule has 0 aliphatic heterocycles. The first-order chi connectivity index (χ1) is 10.0. The van der Waals surface area contributed by atoms with E-state index < -0.39 is 0 Å². The number of nitrogens with zero attached hydrogens (tertiary/aromatic N) is 1. The van der Waals surface area contributed by atoms with E-state index in [1.54, 1.807) is 4.90 Å². The molecule has 0 aliphatic rings. The molecule has 0 aromatic heterocycles. The zero-order chi connectivity index (χ0) is 15.4. The van der Waals surface area contributed by atoms with Crippen molar-refractivity contribution in [3.8, 4) is 0 Å². The lowest BCUT2D eigenvalue weighted by molar-refractivity contribution is 0.0784. The van der Waals surface area contributed by atoms with Gasteiger partial charge in [-0.3, -0.25) is 4.79 Å². The van der Waals surface area contributed by atoms with Crippen molar-refractivity contribution in [1.29, 1.82) is 0 Å². The number of nitrogens with two attached hydrogens (primary N) is 1. The summed E-state index contributed by atoms with van der Waals surface area (Å²) in [6, 6.07) is 13.9. The molecule has 3 heteroatoms. The Balaban J connectivity index is 2.22. The van der Waals surface area contributed by atoms with E-state index in [-0.39, 0.29) is 5.91 Å². The smallest absolute Gasteiger partial charge is 0.254 e. The number of rotatable bonds is 4. The Morgan fingerprint density at radius 2 is 1.76 bits per heavy atom. The van der Waals surface area contributed by atoms with E-state index in [0.29, 0.717) is 13.1 Å². The molecule has 2 rings (SSSR count). The number of carbonyl (C=O) groups excluding carboxylic acids is 1. The molecule has 1 amide bonds. The van der Waals surface area contributed by atoms with Crippen LogP contribution in [0, 0.1) is 13.8 Å². The fraction of sp³-hybridized carbons (Fsp3) is 0.278. The Morgan fingerprint density at radius 1 is 1.10 bits per heavy atom. The van der Waals surface area contributed by atoms with Crippen molar-refractivity contribution in [1.82, 2.24) is 4.90 Å². The standard InChI is InChI=1S/C18H22N2O/c1-13-8-9-14(2)17(10-13)18(21)20(3)12-16-7-5-4-6-15(16)11-19/h4-10H,11-12,19H2,1-3H3. The highest BCUT2D eigenvalue weighted by molar-refractivity contribution is 5.95. The maximum atomic E-state index is 12.6. The topological polar surface area (TPSA) is 46.3 Å². The van der Waals surface area contributed by atoms with Crippen LogP contribution in [0.4, 0.5) is 0 Å². The van der Waals surface area contributed by atoms with Crippen LogP contribution in [-0.4, -0.2) is 17.9 Å². The minimum Gasteiger partial charge on any atom is -0.337 e. The van der Waals surface area contributed by atoms with Crippen LogP contribution in [0.5, 0.6) is 0 Å². The quantitative estimate of drug-likeness (QED) is 0.937. The van der Waals surface area contributed by atoms with Gasteiger partial charge in [0, 0.05) is 25.7 Å². The Kier molecular flexibility index (Phi) is 4.76. The SMILES string of the molecule is Cc1ccc(C)c(C(=O)N(C)Cc2ccccc2CN)c1. The predicted octanol–water partition coefficient (Wildman–Crippen LogP) is 3.03. The lowest BCUT2D eigenvalue weighted by Gasteiger charge is -2.20. The van der Waals surface area contributed by atoms with E-state index in [1.807, 2.05) is 63.4 Å². The van der Waals surface area contributed by atoms with Gasteiger partial charge in [-0.2, -0.15) is 0 Å². The number of carbonyl (C=O) groups is 1. The summed E-state index contributed by atoms with van der Waals surface area (Å²) in [5.74, 6) is 0.0445. The molecule has 0 saturated carbocycles. The maximum Gasteiger partial charge on any atom is 0.254 e.